The summed E-state index contributed by atoms with van der Waals surface area (Å²) in [5.74, 6) is 0. The van der Waals surface area contributed by atoms with E-state index in [4.69, 9.17) is 9.79 Å². The lowest BCUT2D eigenvalue weighted by Crippen LogP contribution is -1.93. The third kappa shape index (κ3) is 1.46. The lowest BCUT2D eigenvalue weighted by molar-refractivity contribution is 0.366. The van der Waals surface area contributed by atoms with Gasteiger partial charge in [0, 0.05) is 0 Å². The Morgan fingerprint density at radius 3 is 2.62 bits per heavy atom. The van der Waals surface area contributed by atoms with Crippen molar-refractivity contribution in [3.63, 3.8) is 0 Å². The monoisotopic (exact) mass is 196 g/mol. The molecule has 2 N–H and O–H groups in total. The van der Waals surface area contributed by atoms with Crippen molar-refractivity contribution in [1.29, 1.82) is 0 Å². The molecule has 0 aliphatic heterocycles. The molecule has 1 unspecified atom stereocenters. The summed E-state index contributed by atoms with van der Waals surface area (Å²) < 4.78 is 11.0. The quantitative estimate of drug-likeness (QED) is 0.674. The van der Waals surface area contributed by atoms with Crippen molar-refractivity contribution in [2.75, 3.05) is 0 Å². The predicted molar refractivity (Wildman–Crippen MR) is 50.3 cm³/mol. The van der Waals surface area contributed by atoms with E-state index in [1.165, 1.54) is 0 Å². The SMILES string of the molecule is O=P(O)(O)C1C=Cc2ccccc21. The minimum Gasteiger partial charge on any atom is -0.324 e. The first-order chi connectivity index (χ1) is 6.09. The van der Waals surface area contributed by atoms with Crippen LogP contribution in [-0.4, -0.2) is 9.79 Å². The van der Waals surface area contributed by atoms with Crippen LogP contribution in [0.3, 0.4) is 0 Å². The van der Waals surface area contributed by atoms with Crippen LogP contribution in [0.4, 0.5) is 0 Å². The van der Waals surface area contributed by atoms with Gasteiger partial charge in [-0.3, -0.25) is 4.57 Å². The maximum Gasteiger partial charge on any atom is 0.336 e. The van der Waals surface area contributed by atoms with Gasteiger partial charge >= 0.3 is 7.60 Å². The Labute approximate surface area is 75.9 Å². The zero-order valence-electron chi connectivity index (χ0n) is 6.79. The molecule has 4 heteroatoms. The van der Waals surface area contributed by atoms with E-state index >= 15 is 0 Å². The molecule has 0 radical (unpaired) electrons. The first kappa shape index (κ1) is 8.70. The fraction of sp³-hybridized carbons (Fsp3) is 0.111. The summed E-state index contributed by atoms with van der Waals surface area (Å²) in [5, 5.41) is 0. The Kier molecular flexibility index (Phi) is 1.88. The lowest BCUT2D eigenvalue weighted by Gasteiger charge is -2.11. The van der Waals surface area contributed by atoms with E-state index in [-0.39, 0.29) is 0 Å². The average Bonchev–Trinajstić information content (AvgIpc) is 2.45. The maximum atomic E-state index is 11.0. The molecule has 0 saturated heterocycles. The molecule has 0 fully saturated rings. The third-order valence-electron chi connectivity index (χ3n) is 2.14. The molecule has 68 valence electrons. The van der Waals surface area contributed by atoms with Crippen molar-refractivity contribution < 1.29 is 14.4 Å². The molecule has 1 aromatic rings. The molecule has 0 saturated carbocycles. The number of fused-ring (bicyclic) bond motifs is 1. The summed E-state index contributed by atoms with van der Waals surface area (Å²) >= 11 is 0. The summed E-state index contributed by atoms with van der Waals surface area (Å²) in [6.07, 6.45) is 3.31. The van der Waals surface area contributed by atoms with Crippen LogP contribution in [-0.2, 0) is 4.57 Å². The molecule has 13 heavy (non-hydrogen) atoms. The molecule has 0 amide bonds. The van der Waals surface area contributed by atoms with Gasteiger partial charge in [0.05, 0.1) is 0 Å². The molecule has 1 aliphatic rings. The van der Waals surface area contributed by atoms with Crippen molar-refractivity contribution in [2.24, 2.45) is 0 Å². The van der Waals surface area contributed by atoms with Gasteiger partial charge in [0.25, 0.3) is 0 Å². The fourth-order valence-electron chi connectivity index (χ4n) is 1.52. The topological polar surface area (TPSA) is 57.5 Å². The van der Waals surface area contributed by atoms with Gasteiger partial charge in [-0.25, -0.2) is 0 Å². The first-order valence-electron chi connectivity index (χ1n) is 3.91. The van der Waals surface area contributed by atoms with Crippen molar-refractivity contribution in [1.82, 2.24) is 0 Å². The smallest absolute Gasteiger partial charge is 0.324 e. The normalized spacial score (nSPS) is 20.3. The molecule has 0 aromatic heterocycles. The van der Waals surface area contributed by atoms with Gasteiger partial charge in [-0.05, 0) is 11.1 Å². The second kappa shape index (κ2) is 2.81. The van der Waals surface area contributed by atoms with Gasteiger partial charge in [0.1, 0.15) is 5.66 Å². The van der Waals surface area contributed by atoms with Crippen LogP contribution in [0.5, 0.6) is 0 Å². The summed E-state index contributed by atoms with van der Waals surface area (Å²) in [6, 6.07) is 7.24. The van der Waals surface area contributed by atoms with Gasteiger partial charge < -0.3 is 9.79 Å². The molecule has 0 bridgehead atoms. The van der Waals surface area contributed by atoms with Gasteiger partial charge in [0.15, 0.2) is 0 Å². The highest BCUT2D eigenvalue weighted by Crippen LogP contribution is 2.55. The third-order valence-corrected chi connectivity index (χ3v) is 3.31. The lowest BCUT2D eigenvalue weighted by atomic mass is 10.1. The summed E-state index contributed by atoms with van der Waals surface area (Å²) in [4.78, 5) is 18.0. The van der Waals surface area contributed by atoms with Gasteiger partial charge in [0.2, 0.25) is 0 Å². The predicted octanol–water partition coefficient (Wildman–Crippen LogP) is 1.93. The zero-order chi connectivity index (χ0) is 9.47. The number of allylic oxidation sites excluding steroid dienone is 1. The molecule has 2 rings (SSSR count). The van der Waals surface area contributed by atoms with Crippen LogP contribution in [0, 0.1) is 0 Å². The number of rotatable bonds is 1. The van der Waals surface area contributed by atoms with Crippen LogP contribution in [0.2, 0.25) is 0 Å². The van der Waals surface area contributed by atoms with Crippen molar-refractivity contribution in [2.45, 2.75) is 5.66 Å². The molecular weight excluding hydrogens is 187 g/mol. The van der Waals surface area contributed by atoms with E-state index in [0.717, 1.165) is 11.1 Å². The first-order valence-corrected chi connectivity index (χ1v) is 5.59. The Morgan fingerprint density at radius 2 is 1.92 bits per heavy atom. The van der Waals surface area contributed by atoms with Crippen LogP contribution >= 0.6 is 7.60 Å². The van der Waals surface area contributed by atoms with Crippen LogP contribution in [0.15, 0.2) is 30.3 Å². The maximum absolute atomic E-state index is 11.0. The highest BCUT2D eigenvalue weighted by Gasteiger charge is 2.31. The molecule has 1 aliphatic carbocycles. The molecule has 0 spiro atoms. The highest BCUT2D eigenvalue weighted by molar-refractivity contribution is 7.52. The molecule has 1 atom stereocenters. The summed E-state index contributed by atoms with van der Waals surface area (Å²) in [5.41, 5.74) is 0.871. The standard InChI is InChI=1S/C9H9O3P/c10-13(11,12)9-6-5-7-3-1-2-4-8(7)9/h1-6,9H,(H2,10,11,12). The summed E-state index contributed by atoms with van der Waals surface area (Å²) in [7, 11) is -4.03. The van der Waals surface area contributed by atoms with Crippen LogP contribution < -0.4 is 0 Å². The average molecular weight is 196 g/mol. The minimum absolute atomic E-state index is 0.718. The van der Waals surface area contributed by atoms with E-state index in [2.05, 4.69) is 0 Å². The Balaban J connectivity index is 2.51. The van der Waals surface area contributed by atoms with E-state index in [1.54, 1.807) is 24.3 Å². The van der Waals surface area contributed by atoms with Gasteiger partial charge in [-0.2, -0.15) is 0 Å². The van der Waals surface area contributed by atoms with Gasteiger partial charge in [-0.15, -0.1) is 0 Å². The largest absolute Gasteiger partial charge is 0.336 e. The molecular formula is C9H9O3P. The molecule has 0 heterocycles. The number of hydrogen-bond acceptors (Lipinski definition) is 1. The summed E-state index contributed by atoms with van der Waals surface area (Å²) in [6.45, 7) is 0. The second-order valence-electron chi connectivity index (χ2n) is 3.02. The Bertz CT molecular complexity index is 405. The van der Waals surface area contributed by atoms with E-state index in [1.807, 2.05) is 12.1 Å². The molecule has 3 nitrogen and oxygen atoms in total. The highest BCUT2D eigenvalue weighted by atomic mass is 31.2. The van der Waals surface area contributed by atoms with E-state index in [9.17, 15) is 4.57 Å². The number of benzene rings is 1. The number of hydrogen-bond donors (Lipinski definition) is 2. The van der Waals surface area contributed by atoms with Crippen molar-refractivity contribution >= 4 is 13.7 Å². The van der Waals surface area contributed by atoms with E-state index in [0.29, 0.717) is 0 Å². The van der Waals surface area contributed by atoms with Crippen molar-refractivity contribution in [3.05, 3.63) is 41.5 Å². The molecule has 1 aromatic carbocycles. The van der Waals surface area contributed by atoms with Crippen molar-refractivity contribution in [3.8, 4) is 0 Å². The van der Waals surface area contributed by atoms with E-state index < -0.39 is 13.3 Å². The fourth-order valence-corrected chi connectivity index (χ4v) is 2.43. The van der Waals surface area contributed by atoms with Crippen LogP contribution in [0.25, 0.3) is 6.08 Å². The second-order valence-corrected chi connectivity index (χ2v) is 4.76. The minimum atomic E-state index is -4.03. The Hall–Kier alpha value is -0.890. The Morgan fingerprint density at radius 1 is 1.23 bits per heavy atom. The van der Waals surface area contributed by atoms with Crippen LogP contribution in [0.1, 0.15) is 16.8 Å². The zero-order valence-corrected chi connectivity index (χ0v) is 7.69. The van der Waals surface area contributed by atoms with Gasteiger partial charge in [-0.1, -0.05) is 36.4 Å².